The van der Waals surface area contributed by atoms with E-state index in [0.29, 0.717) is 24.2 Å². The molecule has 0 bridgehead atoms. The summed E-state index contributed by atoms with van der Waals surface area (Å²) < 4.78 is 1.47. The number of hydrogen-bond acceptors (Lipinski definition) is 6. The maximum absolute atomic E-state index is 10.5. The first kappa shape index (κ1) is 22.8. The van der Waals surface area contributed by atoms with Gasteiger partial charge in [0.25, 0.3) is 0 Å². The van der Waals surface area contributed by atoms with Crippen LogP contribution < -0.4 is 0 Å². The lowest BCUT2D eigenvalue weighted by Gasteiger charge is -2.12. The molecule has 27 heavy (non-hydrogen) atoms. The van der Waals surface area contributed by atoms with E-state index in [4.69, 9.17) is 5.11 Å². The maximum Gasteiger partial charge on any atom is 0.303 e. The molecule has 0 radical (unpaired) electrons. The lowest BCUT2D eigenvalue weighted by atomic mass is 10.1. The molecular formula is C19H29N3O5. The molecule has 4 N–H and O–H groups in total. The molecule has 1 rings (SSSR count). The zero-order valence-electron chi connectivity index (χ0n) is 15.8. The van der Waals surface area contributed by atoms with Crippen molar-refractivity contribution in [2.75, 3.05) is 0 Å². The highest BCUT2D eigenvalue weighted by Gasteiger charge is 2.17. The van der Waals surface area contributed by atoms with Crippen LogP contribution >= 0.6 is 0 Å². The Morgan fingerprint density at radius 3 is 2.52 bits per heavy atom. The average Bonchev–Trinajstić information content (AvgIpc) is 2.99. The van der Waals surface area contributed by atoms with E-state index in [-0.39, 0.29) is 12.8 Å². The van der Waals surface area contributed by atoms with E-state index in [2.05, 4.69) is 10.3 Å². The van der Waals surface area contributed by atoms with Crippen LogP contribution in [0.3, 0.4) is 0 Å². The lowest BCUT2D eigenvalue weighted by Crippen LogP contribution is -2.22. The van der Waals surface area contributed by atoms with Crippen molar-refractivity contribution in [1.82, 2.24) is 15.0 Å². The number of hydrogen-bond donors (Lipinski definition) is 4. The normalized spacial score (nSPS) is 15.7. The molecule has 8 nitrogen and oxygen atoms in total. The Morgan fingerprint density at radius 1 is 1.15 bits per heavy atom. The van der Waals surface area contributed by atoms with Gasteiger partial charge in [0.05, 0.1) is 17.9 Å². The number of aliphatic hydroxyl groups is 3. The van der Waals surface area contributed by atoms with Gasteiger partial charge < -0.3 is 20.4 Å². The van der Waals surface area contributed by atoms with E-state index in [9.17, 15) is 20.1 Å². The summed E-state index contributed by atoms with van der Waals surface area (Å²) in [5, 5.41) is 46.7. The number of aliphatic hydroxyl groups excluding tert-OH is 3. The van der Waals surface area contributed by atoms with Crippen LogP contribution in [-0.2, 0) is 11.8 Å². The zero-order chi connectivity index (χ0) is 20.2. The van der Waals surface area contributed by atoms with Gasteiger partial charge in [0.1, 0.15) is 11.8 Å². The second-order valence-corrected chi connectivity index (χ2v) is 6.17. The predicted molar refractivity (Wildman–Crippen MR) is 102 cm³/mol. The number of aliphatic carboxylic acids is 1. The van der Waals surface area contributed by atoms with Crippen molar-refractivity contribution in [2.45, 2.75) is 57.3 Å². The molecule has 0 aliphatic carbocycles. The molecule has 1 aromatic heterocycles. The summed E-state index contributed by atoms with van der Waals surface area (Å²) in [5.41, 5.74) is 0.876. The van der Waals surface area contributed by atoms with Gasteiger partial charge in [0.2, 0.25) is 0 Å². The fourth-order valence-electron chi connectivity index (χ4n) is 2.33. The summed E-state index contributed by atoms with van der Waals surface area (Å²) in [5.74, 6) is -0.868. The standard InChI is InChI=1S/C19H29N3O5/c1-3-4-6-9-15(23)16(24)13-12-14-19(20-21-22(14)2)17(25)10-7-5-8-11-18(26)27/h4-7,12-13,15-17,23-25H,3,8-11H2,1-2H3,(H,26,27)/b6-4-,7-5-,13-12+/t15-,16+,17+/m1/s1. The Hall–Kier alpha value is -2.29. The van der Waals surface area contributed by atoms with E-state index in [0.717, 1.165) is 6.42 Å². The number of nitrogens with zero attached hydrogens (tertiary/aromatic N) is 3. The third kappa shape index (κ3) is 8.29. The SMILES string of the molecule is CC/C=C\C[C@@H](O)[C@@H](O)/C=C/c1c([C@@H](O)C/C=C\CCC(=O)O)nnn1C. The first-order valence-electron chi connectivity index (χ1n) is 9.00. The van der Waals surface area contributed by atoms with Crippen molar-refractivity contribution < 1.29 is 25.2 Å². The fraction of sp³-hybridized carbons (Fsp3) is 0.526. The molecule has 0 aliphatic heterocycles. The molecule has 0 spiro atoms. The molecule has 0 amide bonds. The van der Waals surface area contributed by atoms with Crippen LogP contribution in [0.2, 0.25) is 0 Å². The highest BCUT2D eigenvalue weighted by Crippen LogP contribution is 2.20. The Balaban J connectivity index is 2.70. The van der Waals surface area contributed by atoms with E-state index in [1.54, 1.807) is 25.3 Å². The van der Waals surface area contributed by atoms with Gasteiger partial charge in [-0.15, -0.1) is 5.10 Å². The van der Waals surface area contributed by atoms with Gasteiger partial charge in [-0.2, -0.15) is 0 Å². The minimum absolute atomic E-state index is 0.0411. The Kier molecular flexibility index (Phi) is 10.2. The minimum Gasteiger partial charge on any atom is -0.481 e. The van der Waals surface area contributed by atoms with Gasteiger partial charge >= 0.3 is 5.97 Å². The zero-order valence-corrected chi connectivity index (χ0v) is 15.8. The number of carboxylic acid groups (broad SMARTS) is 1. The molecule has 0 aromatic carbocycles. The summed E-state index contributed by atoms with van der Waals surface area (Å²) in [6, 6.07) is 0. The first-order valence-corrected chi connectivity index (χ1v) is 9.00. The number of allylic oxidation sites excluding steroid dienone is 2. The molecule has 8 heteroatoms. The average molecular weight is 379 g/mol. The minimum atomic E-state index is -1.05. The van der Waals surface area contributed by atoms with Crippen molar-refractivity contribution >= 4 is 12.0 Å². The molecular weight excluding hydrogens is 350 g/mol. The van der Waals surface area contributed by atoms with Gasteiger partial charge in [0, 0.05) is 13.5 Å². The highest BCUT2D eigenvalue weighted by molar-refractivity contribution is 5.66. The maximum atomic E-state index is 10.5. The van der Waals surface area contributed by atoms with Crippen LogP contribution in [0.15, 0.2) is 30.4 Å². The monoisotopic (exact) mass is 379 g/mol. The lowest BCUT2D eigenvalue weighted by molar-refractivity contribution is -0.136. The second kappa shape index (κ2) is 12.2. The predicted octanol–water partition coefficient (Wildman–Crippen LogP) is 1.75. The molecule has 0 unspecified atom stereocenters. The molecule has 3 atom stereocenters. The Bertz CT molecular complexity index is 666. The van der Waals surface area contributed by atoms with Crippen molar-refractivity contribution in [3.63, 3.8) is 0 Å². The smallest absolute Gasteiger partial charge is 0.303 e. The number of rotatable bonds is 12. The van der Waals surface area contributed by atoms with Gasteiger partial charge in [-0.3, -0.25) is 4.79 Å². The van der Waals surface area contributed by atoms with Crippen molar-refractivity contribution in [1.29, 1.82) is 0 Å². The van der Waals surface area contributed by atoms with E-state index in [1.165, 1.54) is 10.8 Å². The van der Waals surface area contributed by atoms with E-state index >= 15 is 0 Å². The third-order valence-corrected chi connectivity index (χ3v) is 3.89. The highest BCUT2D eigenvalue weighted by atomic mass is 16.4. The molecule has 0 saturated carbocycles. The number of carbonyl (C=O) groups is 1. The first-order chi connectivity index (χ1) is 12.9. The molecule has 1 heterocycles. The van der Waals surface area contributed by atoms with Crippen LogP contribution in [0, 0.1) is 0 Å². The van der Waals surface area contributed by atoms with Crippen molar-refractivity contribution in [2.24, 2.45) is 7.05 Å². The van der Waals surface area contributed by atoms with Crippen molar-refractivity contribution in [3.05, 3.63) is 41.8 Å². The Labute approximate surface area is 159 Å². The fourth-order valence-corrected chi connectivity index (χ4v) is 2.33. The third-order valence-electron chi connectivity index (χ3n) is 3.89. The summed E-state index contributed by atoms with van der Waals surface area (Å²) in [6.45, 7) is 1.99. The van der Waals surface area contributed by atoms with Gasteiger partial charge in [0.15, 0.2) is 0 Å². The van der Waals surface area contributed by atoms with Crippen LogP contribution in [0.5, 0.6) is 0 Å². The number of aryl methyl sites for hydroxylation is 1. The summed E-state index contributed by atoms with van der Waals surface area (Å²) in [4.78, 5) is 10.5. The molecule has 0 aliphatic rings. The van der Waals surface area contributed by atoms with Crippen LogP contribution in [-0.4, -0.2) is 53.6 Å². The quantitative estimate of drug-likeness (QED) is 0.407. The van der Waals surface area contributed by atoms with Gasteiger partial charge in [-0.05, 0) is 31.8 Å². The molecule has 150 valence electrons. The summed E-state index contributed by atoms with van der Waals surface area (Å²) in [6.07, 6.45) is 9.20. The van der Waals surface area contributed by atoms with Crippen molar-refractivity contribution in [3.8, 4) is 0 Å². The molecule has 1 aromatic rings. The van der Waals surface area contributed by atoms with Crippen LogP contribution in [0.4, 0.5) is 0 Å². The topological polar surface area (TPSA) is 129 Å². The Morgan fingerprint density at radius 2 is 1.85 bits per heavy atom. The number of carboxylic acids is 1. The summed E-state index contributed by atoms with van der Waals surface area (Å²) in [7, 11) is 1.67. The number of aromatic nitrogens is 3. The molecule has 0 saturated heterocycles. The largest absolute Gasteiger partial charge is 0.481 e. The van der Waals surface area contributed by atoms with Crippen LogP contribution in [0.25, 0.3) is 6.08 Å². The van der Waals surface area contributed by atoms with E-state index in [1.807, 2.05) is 19.1 Å². The van der Waals surface area contributed by atoms with Crippen LogP contribution in [0.1, 0.15) is 56.5 Å². The second-order valence-electron chi connectivity index (χ2n) is 6.17. The van der Waals surface area contributed by atoms with Gasteiger partial charge in [-0.25, -0.2) is 4.68 Å². The summed E-state index contributed by atoms with van der Waals surface area (Å²) >= 11 is 0. The van der Waals surface area contributed by atoms with Gasteiger partial charge in [-0.1, -0.05) is 42.5 Å². The van der Waals surface area contributed by atoms with E-state index < -0.39 is 24.3 Å². The molecule has 0 fully saturated rings.